The number of methoxy groups -OCH3 is 1. The van der Waals surface area contributed by atoms with E-state index >= 15 is 0 Å². The number of ether oxygens (including phenoxy) is 1. The molecule has 0 spiro atoms. The SMILES string of the molecule is COC1CC1.FC1(F)CCCCC1.[B]C1([B])NC(=O)N(Cc2cnn3cc(CNC(=O)c4nocc4CC(F)(F)F)nc3c2)C([B])([B])C1(F)F. The molecule has 3 aromatic rings. The van der Waals surface area contributed by atoms with E-state index in [1.54, 1.807) is 12.4 Å². The molecule has 262 valence electrons. The van der Waals surface area contributed by atoms with Crippen molar-refractivity contribution in [1.82, 2.24) is 35.3 Å². The van der Waals surface area contributed by atoms with Crippen LogP contribution >= 0.6 is 0 Å². The van der Waals surface area contributed by atoms with Crippen LogP contribution in [0.5, 0.6) is 0 Å². The molecule has 3 aliphatic rings. The van der Waals surface area contributed by atoms with E-state index in [4.69, 9.17) is 36.1 Å². The van der Waals surface area contributed by atoms with Crippen LogP contribution in [0.15, 0.2) is 29.2 Å². The fourth-order valence-corrected chi connectivity index (χ4v) is 4.93. The Morgan fingerprint density at radius 3 is 2.32 bits per heavy atom. The van der Waals surface area contributed by atoms with E-state index in [0.717, 1.165) is 12.7 Å². The number of fused-ring (bicyclic) bond motifs is 1. The number of amides is 3. The monoisotopic (exact) mass is 705 g/mol. The van der Waals surface area contributed by atoms with Crippen molar-refractivity contribution < 1.29 is 49.6 Å². The zero-order valence-electron chi connectivity index (χ0n) is 26.8. The van der Waals surface area contributed by atoms with Crippen LogP contribution in [-0.4, -0.2) is 110 Å². The number of nitrogens with zero attached hydrogens (tertiary/aromatic N) is 5. The van der Waals surface area contributed by atoms with Gasteiger partial charge < -0.3 is 24.8 Å². The minimum atomic E-state index is -4.57. The predicted molar refractivity (Wildman–Crippen MR) is 166 cm³/mol. The van der Waals surface area contributed by atoms with Crippen molar-refractivity contribution in [1.29, 1.82) is 0 Å². The number of carbonyl (C=O) groups is 2. The minimum absolute atomic E-state index is 0.118. The lowest BCUT2D eigenvalue weighted by molar-refractivity contribution is -0.127. The summed E-state index contributed by atoms with van der Waals surface area (Å²) >= 11 is 0. The van der Waals surface area contributed by atoms with E-state index < -0.39 is 64.9 Å². The first-order valence-electron chi connectivity index (χ1n) is 15.3. The number of hydrogen-bond acceptors (Lipinski definition) is 7. The van der Waals surface area contributed by atoms with Gasteiger partial charge in [-0.15, -0.1) is 0 Å². The molecule has 6 rings (SSSR count). The van der Waals surface area contributed by atoms with Gasteiger partial charge >= 0.3 is 12.2 Å². The molecule has 2 saturated carbocycles. The van der Waals surface area contributed by atoms with Crippen LogP contribution in [0.2, 0.25) is 0 Å². The summed E-state index contributed by atoms with van der Waals surface area (Å²) in [6.45, 7) is -0.749. The molecule has 8 radical (unpaired) electrons. The van der Waals surface area contributed by atoms with Gasteiger partial charge in [0.25, 0.3) is 11.8 Å². The van der Waals surface area contributed by atoms with Crippen molar-refractivity contribution in [2.24, 2.45) is 0 Å². The summed E-state index contributed by atoms with van der Waals surface area (Å²) in [4.78, 5) is 29.2. The Labute approximate surface area is 287 Å². The molecule has 3 fully saturated rings. The third kappa shape index (κ3) is 9.54. The van der Waals surface area contributed by atoms with Gasteiger partial charge in [-0.05, 0) is 37.3 Å². The van der Waals surface area contributed by atoms with E-state index in [1.807, 2.05) is 0 Å². The van der Waals surface area contributed by atoms with Gasteiger partial charge in [-0.2, -0.15) is 18.3 Å². The maximum absolute atomic E-state index is 14.6. The molecular formula is C28H30B4F7N7O4. The lowest BCUT2D eigenvalue weighted by Crippen LogP contribution is -2.82. The van der Waals surface area contributed by atoms with Gasteiger partial charge in [0, 0.05) is 42.7 Å². The first-order valence-corrected chi connectivity index (χ1v) is 15.3. The summed E-state index contributed by atoms with van der Waals surface area (Å²) < 4.78 is 102. The molecule has 3 aromatic heterocycles. The minimum Gasteiger partial charge on any atom is -0.381 e. The quantitative estimate of drug-likeness (QED) is 0.286. The fraction of sp³-hybridized carbons (Fsp3) is 0.607. The Bertz CT molecular complexity index is 1640. The van der Waals surface area contributed by atoms with Crippen molar-refractivity contribution in [3.8, 4) is 0 Å². The summed E-state index contributed by atoms with van der Waals surface area (Å²) in [5.74, 6) is -7.39. The molecule has 0 aromatic carbocycles. The molecular weight excluding hydrogens is 675 g/mol. The molecule has 1 saturated heterocycles. The van der Waals surface area contributed by atoms with Gasteiger partial charge in [0.05, 0.1) is 68.5 Å². The maximum Gasteiger partial charge on any atom is 0.393 e. The smallest absolute Gasteiger partial charge is 0.381 e. The first kappa shape index (κ1) is 39.1. The average molecular weight is 705 g/mol. The molecule has 2 aliphatic carbocycles. The average Bonchev–Trinajstić information content (AvgIpc) is 3.61. The number of rotatable bonds is 7. The van der Waals surface area contributed by atoms with E-state index in [1.165, 1.54) is 35.8 Å². The predicted octanol–water partition coefficient (Wildman–Crippen LogP) is 3.28. The van der Waals surface area contributed by atoms with Crippen molar-refractivity contribution in [3.05, 3.63) is 47.2 Å². The molecule has 3 amide bonds. The highest BCUT2D eigenvalue weighted by Gasteiger charge is 2.62. The second kappa shape index (κ2) is 14.9. The summed E-state index contributed by atoms with van der Waals surface area (Å²) in [5.41, 5.74) is -0.345. The van der Waals surface area contributed by atoms with Crippen LogP contribution in [0, 0.1) is 0 Å². The molecule has 0 unspecified atom stereocenters. The van der Waals surface area contributed by atoms with Crippen molar-refractivity contribution in [2.45, 2.75) is 99.3 Å². The van der Waals surface area contributed by atoms with Crippen LogP contribution in [0.1, 0.15) is 72.3 Å². The molecule has 1 aliphatic heterocycles. The number of halogens is 7. The van der Waals surface area contributed by atoms with Gasteiger partial charge in [0.2, 0.25) is 5.92 Å². The normalized spacial score (nSPS) is 20.5. The van der Waals surface area contributed by atoms with E-state index in [2.05, 4.69) is 25.1 Å². The van der Waals surface area contributed by atoms with Crippen molar-refractivity contribution >= 4 is 49.0 Å². The molecule has 4 heterocycles. The zero-order valence-corrected chi connectivity index (χ0v) is 26.8. The van der Waals surface area contributed by atoms with E-state index in [-0.39, 0.29) is 36.3 Å². The van der Waals surface area contributed by atoms with Gasteiger partial charge in [0.15, 0.2) is 11.3 Å². The van der Waals surface area contributed by atoms with E-state index in [9.17, 15) is 40.3 Å². The fourth-order valence-electron chi connectivity index (χ4n) is 4.93. The lowest BCUT2D eigenvalue weighted by Gasteiger charge is -2.56. The Hall–Kier alpha value is -3.70. The second-order valence-corrected chi connectivity index (χ2v) is 12.2. The first-order chi connectivity index (χ1) is 23.2. The standard InChI is InChI=1S/C18H12B4F5N7O3.C6H10F2.C4H8O/c19-17(20)16(26,27)18(21,22)33(14(36)31-17)5-8-1-11-30-10(6-34(11)29-3-8)4-28-13(35)12-9(7-37-32-12)2-15(23,24)25;7-6(8)4-2-1-3-5-6;1-5-4-2-3-4/h1,3,6-7H,2,4-5H2,(H,28,35)(H,31,36);1-5H2;4H,2-3H2,1H3. The largest absolute Gasteiger partial charge is 0.393 e. The Morgan fingerprint density at radius 1 is 1.12 bits per heavy atom. The number of hydrogen-bond donors (Lipinski definition) is 2. The maximum atomic E-state index is 14.6. The van der Waals surface area contributed by atoms with Crippen molar-refractivity contribution in [3.63, 3.8) is 0 Å². The molecule has 0 atom stereocenters. The summed E-state index contributed by atoms with van der Waals surface area (Å²) in [6.07, 6.45) is 3.26. The third-order valence-corrected chi connectivity index (χ3v) is 7.92. The number of urea groups is 1. The molecule has 2 N–H and O–H groups in total. The lowest BCUT2D eigenvalue weighted by atomic mass is 9.43. The second-order valence-electron chi connectivity index (χ2n) is 12.2. The summed E-state index contributed by atoms with van der Waals surface area (Å²) in [6, 6.07) is 0.233. The molecule has 0 bridgehead atoms. The summed E-state index contributed by atoms with van der Waals surface area (Å²) in [5, 5.41) is 5.42. The number of alkyl halides is 7. The molecule has 50 heavy (non-hydrogen) atoms. The Balaban J connectivity index is 0.000000358. The highest BCUT2D eigenvalue weighted by molar-refractivity contribution is 6.48. The molecule has 11 nitrogen and oxygen atoms in total. The number of imidazole rings is 1. The number of carbonyl (C=O) groups excluding carboxylic acids is 2. The third-order valence-electron chi connectivity index (χ3n) is 7.92. The van der Waals surface area contributed by atoms with Crippen LogP contribution in [0.25, 0.3) is 5.65 Å². The highest BCUT2D eigenvalue weighted by Crippen LogP contribution is 2.40. The highest BCUT2D eigenvalue weighted by atomic mass is 19.4. The van der Waals surface area contributed by atoms with Gasteiger partial charge in [0.1, 0.15) is 6.26 Å². The summed E-state index contributed by atoms with van der Waals surface area (Å²) in [7, 11) is 23.4. The topological polar surface area (TPSA) is 127 Å². The van der Waals surface area contributed by atoms with E-state index in [0.29, 0.717) is 23.8 Å². The van der Waals surface area contributed by atoms with Crippen LogP contribution in [0.3, 0.4) is 0 Å². The Kier molecular flexibility index (Phi) is 11.6. The van der Waals surface area contributed by atoms with Crippen LogP contribution < -0.4 is 10.6 Å². The van der Waals surface area contributed by atoms with Gasteiger partial charge in [-0.25, -0.2) is 31.9 Å². The Morgan fingerprint density at radius 2 is 1.78 bits per heavy atom. The van der Waals surface area contributed by atoms with Gasteiger partial charge in [-0.3, -0.25) is 4.79 Å². The number of aromatic nitrogens is 4. The zero-order chi connectivity index (χ0) is 37.1. The van der Waals surface area contributed by atoms with Crippen molar-refractivity contribution in [2.75, 3.05) is 7.11 Å². The van der Waals surface area contributed by atoms with Crippen LogP contribution in [-0.2, 0) is 24.2 Å². The van der Waals surface area contributed by atoms with Gasteiger partial charge in [-0.1, -0.05) is 11.6 Å². The molecule has 22 heteroatoms. The number of nitrogens with one attached hydrogen (secondary N) is 2. The van der Waals surface area contributed by atoms with Crippen LogP contribution in [0.4, 0.5) is 35.5 Å².